The number of nitrogens with zero attached hydrogens (tertiary/aromatic N) is 3. The normalized spacial score (nSPS) is 22.3. The molecule has 1 fully saturated rings. The maximum atomic E-state index is 11.9. The molecule has 10 nitrogen and oxygen atoms in total. The molecule has 10 heteroatoms. The SMILES string of the molecule is CC(C)C1N(CC(=O)O)CCN(CC(=O)O)CCNCCN(CC(=O)O)C1(C(C)C)C(C)C. The number of nitrogens with one attached hydrogen (secondary N) is 1. The average molecular weight is 473 g/mol. The Hall–Kier alpha value is -1.75. The minimum Gasteiger partial charge on any atom is -0.480 e. The molecule has 33 heavy (non-hydrogen) atoms. The van der Waals surface area contributed by atoms with E-state index in [0.717, 1.165) is 0 Å². The fourth-order valence-electron chi connectivity index (χ4n) is 5.89. The largest absolute Gasteiger partial charge is 0.480 e. The van der Waals surface area contributed by atoms with Crippen molar-refractivity contribution in [3.63, 3.8) is 0 Å². The van der Waals surface area contributed by atoms with Crippen molar-refractivity contribution in [1.29, 1.82) is 0 Å². The van der Waals surface area contributed by atoms with Gasteiger partial charge in [-0.1, -0.05) is 41.5 Å². The second-order valence-electron chi connectivity index (χ2n) is 9.98. The lowest BCUT2D eigenvalue weighted by Gasteiger charge is -2.58. The smallest absolute Gasteiger partial charge is 0.317 e. The highest BCUT2D eigenvalue weighted by molar-refractivity contribution is 5.70. The van der Waals surface area contributed by atoms with Gasteiger partial charge in [0.2, 0.25) is 0 Å². The first-order chi connectivity index (χ1) is 15.3. The first-order valence-electron chi connectivity index (χ1n) is 11.9. The Bertz CT molecular complexity index is 647. The van der Waals surface area contributed by atoms with Gasteiger partial charge in [-0.3, -0.25) is 29.1 Å². The average Bonchev–Trinajstić information content (AvgIpc) is 2.65. The molecule has 0 bridgehead atoms. The van der Waals surface area contributed by atoms with Gasteiger partial charge in [0.25, 0.3) is 0 Å². The van der Waals surface area contributed by atoms with E-state index in [1.165, 1.54) is 0 Å². The van der Waals surface area contributed by atoms with Crippen molar-refractivity contribution in [2.75, 3.05) is 58.9 Å². The van der Waals surface area contributed by atoms with Gasteiger partial charge in [0, 0.05) is 50.8 Å². The summed E-state index contributed by atoms with van der Waals surface area (Å²) in [5.41, 5.74) is -0.611. The third-order valence-corrected chi connectivity index (χ3v) is 6.79. The van der Waals surface area contributed by atoms with Gasteiger partial charge in [-0.2, -0.15) is 0 Å². The van der Waals surface area contributed by atoms with Crippen LogP contribution in [-0.2, 0) is 14.4 Å². The molecule has 1 saturated heterocycles. The molecule has 1 unspecified atom stereocenters. The van der Waals surface area contributed by atoms with E-state index >= 15 is 0 Å². The Labute approximate surface area is 197 Å². The van der Waals surface area contributed by atoms with E-state index in [1.54, 1.807) is 0 Å². The molecule has 0 aromatic carbocycles. The van der Waals surface area contributed by atoms with Crippen molar-refractivity contribution in [2.45, 2.75) is 53.1 Å². The molecule has 0 aromatic heterocycles. The first-order valence-corrected chi connectivity index (χ1v) is 11.9. The first kappa shape index (κ1) is 29.3. The molecular weight excluding hydrogens is 428 g/mol. The number of carboxylic acid groups (broad SMARTS) is 3. The van der Waals surface area contributed by atoms with Crippen LogP contribution in [0.1, 0.15) is 41.5 Å². The highest BCUT2D eigenvalue weighted by atomic mass is 16.4. The third-order valence-electron chi connectivity index (χ3n) is 6.79. The van der Waals surface area contributed by atoms with Crippen molar-refractivity contribution < 1.29 is 29.7 Å². The summed E-state index contributed by atoms with van der Waals surface area (Å²) in [4.78, 5) is 41.0. The van der Waals surface area contributed by atoms with Crippen LogP contribution in [0.25, 0.3) is 0 Å². The second-order valence-corrected chi connectivity index (χ2v) is 9.98. The molecule has 0 spiro atoms. The van der Waals surface area contributed by atoms with E-state index in [9.17, 15) is 29.7 Å². The van der Waals surface area contributed by atoms with E-state index in [2.05, 4.69) is 46.9 Å². The molecule has 4 N–H and O–H groups in total. The highest BCUT2D eigenvalue weighted by Crippen LogP contribution is 2.41. The van der Waals surface area contributed by atoms with Crippen molar-refractivity contribution in [1.82, 2.24) is 20.0 Å². The zero-order valence-corrected chi connectivity index (χ0v) is 21.1. The molecule has 1 heterocycles. The van der Waals surface area contributed by atoms with Gasteiger partial charge in [-0.05, 0) is 17.8 Å². The summed E-state index contributed by atoms with van der Waals surface area (Å²) < 4.78 is 0. The molecule has 0 saturated carbocycles. The number of carboxylic acids is 3. The molecule has 0 amide bonds. The van der Waals surface area contributed by atoms with Crippen molar-refractivity contribution in [2.24, 2.45) is 17.8 Å². The fourth-order valence-corrected chi connectivity index (χ4v) is 5.89. The summed E-state index contributed by atoms with van der Waals surface area (Å²) in [6.45, 7) is 14.9. The van der Waals surface area contributed by atoms with E-state index in [-0.39, 0.29) is 43.4 Å². The van der Waals surface area contributed by atoms with E-state index in [1.807, 2.05) is 14.7 Å². The van der Waals surface area contributed by atoms with Crippen LogP contribution in [0.4, 0.5) is 0 Å². The van der Waals surface area contributed by atoms with Gasteiger partial charge >= 0.3 is 17.9 Å². The zero-order chi connectivity index (χ0) is 25.3. The van der Waals surface area contributed by atoms with Gasteiger partial charge in [-0.25, -0.2) is 0 Å². The maximum absolute atomic E-state index is 11.9. The van der Waals surface area contributed by atoms with Crippen LogP contribution in [0.2, 0.25) is 0 Å². The summed E-state index contributed by atoms with van der Waals surface area (Å²) >= 11 is 0. The van der Waals surface area contributed by atoms with Crippen LogP contribution in [0.3, 0.4) is 0 Å². The molecule has 192 valence electrons. The summed E-state index contributed by atoms with van der Waals surface area (Å²) in [6.07, 6.45) is 0. The molecule has 1 aliphatic heterocycles. The minimum atomic E-state index is -0.953. The Morgan fingerprint density at radius 1 is 0.788 bits per heavy atom. The van der Waals surface area contributed by atoms with Crippen LogP contribution in [-0.4, -0.2) is 118 Å². The van der Waals surface area contributed by atoms with E-state index in [4.69, 9.17) is 0 Å². The molecule has 1 atom stereocenters. The van der Waals surface area contributed by atoms with Gasteiger partial charge in [0.1, 0.15) is 0 Å². The van der Waals surface area contributed by atoms with E-state index < -0.39 is 23.4 Å². The Kier molecular flexibility index (Phi) is 11.7. The predicted molar refractivity (Wildman–Crippen MR) is 126 cm³/mol. The Morgan fingerprint density at radius 2 is 1.30 bits per heavy atom. The summed E-state index contributed by atoms with van der Waals surface area (Å²) in [6, 6.07) is -0.251. The van der Waals surface area contributed by atoms with Crippen LogP contribution in [0.5, 0.6) is 0 Å². The molecule has 0 aliphatic carbocycles. The van der Waals surface area contributed by atoms with Crippen LogP contribution < -0.4 is 5.32 Å². The van der Waals surface area contributed by atoms with Crippen molar-refractivity contribution in [3.8, 4) is 0 Å². The quantitative estimate of drug-likeness (QED) is 0.382. The lowest BCUT2D eigenvalue weighted by atomic mass is 9.66. The second kappa shape index (κ2) is 13.2. The number of hydrogen-bond acceptors (Lipinski definition) is 7. The van der Waals surface area contributed by atoms with Crippen molar-refractivity contribution >= 4 is 17.9 Å². The Morgan fingerprint density at radius 3 is 1.76 bits per heavy atom. The Balaban J connectivity index is 3.65. The van der Waals surface area contributed by atoms with Crippen molar-refractivity contribution in [3.05, 3.63) is 0 Å². The number of hydrogen-bond donors (Lipinski definition) is 4. The van der Waals surface area contributed by atoms with Crippen LogP contribution in [0.15, 0.2) is 0 Å². The maximum Gasteiger partial charge on any atom is 0.317 e. The standard InChI is InChI=1S/C23H44N4O6/c1-16(2)22-23(17(3)4,18(5)6)27(15-21(32)33)10-8-24-7-9-25(13-19(28)29)11-12-26(22)14-20(30)31/h16-18,22,24H,7-15H2,1-6H3,(H,28,29)(H,30,31)(H,32,33). The number of aliphatic carboxylic acids is 3. The summed E-state index contributed by atoms with van der Waals surface area (Å²) in [5.74, 6) is -2.66. The molecule has 0 aromatic rings. The topological polar surface area (TPSA) is 134 Å². The monoisotopic (exact) mass is 472 g/mol. The molecular formula is C23H44N4O6. The number of carbonyl (C=O) groups is 3. The molecule has 0 radical (unpaired) electrons. The van der Waals surface area contributed by atoms with Gasteiger partial charge in [-0.15, -0.1) is 0 Å². The molecule has 1 rings (SSSR count). The van der Waals surface area contributed by atoms with Gasteiger partial charge < -0.3 is 20.6 Å². The van der Waals surface area contributed by atoms with Gasteiger partial charge in [0.15, 0.2) is 0 Å². The van der Waals surface area contributed by atoms with Gasteiger partial charge in [0.05, 0.1) is 19.6 Å². The zero-order valence-electron chi connectivity index (χ0n) is 21.1. The third kappa shape index (κ3) is 7.91. The molecule has 1 aliphatic rings. The fraction of sp³-hybridized carbons (Fsp3) is 0.870. The van der Waals surface area contributed by atoms with Crippen LogP contribution >= 0.6 is 0 Å². The predicted octanol–water partition coefficient (Wildman–Crippen LogP) is 0.825. The summed E-state index contributed by atoms with van der Waals surface area (Å²) in [5, 5.41) is 32.2. The van der Waals surface area contributed by atoms with E-state index in [0.29, 0.717) is 39.3 Å². The lowest BCUT2D eigenvalue weighted by molar-refractivity contribution is -0.150. The number of rotatable bonds is 9. The highest BCUT2D eigenvalue weighted by Gasteiger charge is 2.52. The lowest BCUT2D eigenvalue weighted by Crippen LogP contribution is -2.71. The van der Waals surface area contributed by atoms with Crippen LogP contribution in [0, 0.1) is 17.8 Å². The summed E-state index contributed by atoms with van der Waals surface area (Å²) in [7, 11) is 0. The minimum absolute atomic E-state index is 0.0364.